The molecule has 1 atom stereocenters. The maximum absolute atomic E-state index is 2.58. The number of rotatable bonds is 3. The maximum Gasteiger partial charge on any atom is 0.0218 e. The molecule has 1 heterocycles. The minimum Gasteiger partial charge on any atom is -0.304 e. The van der Waals surface area contributed by atoms with Crippen LogP contribution in [0.15, 0.2) is 60.7 Å². The molecule has 2 aromatic carbocycles. The van der Waals surface area contributed by atoms with Gasteiger partial charge in [0.25, 0.3) is 0 Å². The van der Waals surface area contributed by atoms with Crippen LogP contribution in [0.3, 0.4) is 0 Å². The minimum absolute atomic E-state index is 0.0809. The van der Waals surface area contributed by atoms with Crippen molar-refractivity contribution in [1.82, 2.24) is 9.80 Å². The van der Waals surface area contributed by atoms with Gasteiger partial charge in [0.05, 0.1) is 0 Å². The zero-order valence-corrected chi connectivity index (χ0v) is 15.4. The fourth-order valence-electron chi connectivity index (χ4n) is 4.36. The Balaban J connectivity index is 1.67. The van der Waals surface area contributed by atoms with E-state index in [2.05, 4.69) is 84.4 Å². The summed E-state index contributed by atoms with van der Waals surface area (Å²) >= 11 is 0. The third-order valence-electron chi connectivity index (χ3n) is 6.01. The molecule has 2 heteroatoms. The van der Waals surface area contributed by atoms with Crippen LogP contribution in [-0.4, -0.2) is 49.6 Å². The van der Waals surface area contributed by atoms with Crippen LogP contribution in [0.5, 0.6) is 0 Å². The van der Waals surface area contributed by atoms with Gasteiger partial charge in [-0.1, -0.05) is 67.6 Å². The van der Waals surface area contributed by atoms with Crippen molar-refractivity contribution in [1.29, 1.82) is 0 Å². The Morgan fingerprint density at radius 2 is 1.60 bits per heavy atom. The van der Waals surface area contributed by atoms with Crippen LogP contribution in [0, 0.1) is 0 Å². The molecule has 0 aromatic heterocycles. The third kappa shape index (κ3) is 3.17. The van der Waals surface area contributed by atoms with E-state index >= 15 is 0 Å². The number of hydrogen-bond donors (Lipinski definition) is 0. The molecular weight excluding hydrogens is 304 g/mol. The first-order chi connectivity index (χ1) is 12.2. The van der Waals surface area contributed by atoms with Gasteiger partial charge in [0.15, 0.2) is 0 Å². The van der Waals surface area contributed by atoms with Gasteiger partial charge < -0.3 is 4.90 Å². The standard InChI is InChI=1S/C23H28N2/c1-23(20-9-4-3-5-10-20)18-19-8-6-7-11-21(19)22(23)12-13-25-16-14-24(2)15-17-25/h3-12H,13-18H2,1-2H3/b22-12-. The first kappa shape index (κ1) is 16.6. The van der Waals surface area contributed by atoms with Crippen LogP contribution >= 0.6 is 0 Å². The molecule has 0 bridgehead atoms. The molecule has 2 aliphatic rings. The lowest BCUT2D eigenvalue weighted by Crippen LogP contribution is -2.44. The lowest BCUT2D eigenvalue weighted by molar-refractivity contribution is 0.166. The van der Waals surface area contributed by atoms with E-state index in [1.807, 2.05) is 0 Å². The van der Waals surface area contributed by atoms with Gasteiger partial charge >= 0.3 is 0 Å². The van der Waals surface area contributed by atoms with E-state index in [1.165, 1.54) is 48.4 Å². The summed E-state index contributed by atoms with van der Waals surface area (Å²) in [7, 11) is 2.22. The number of allylic oxidation sites excluding steroid dienone is 1. The van der Waals surface area contributed by atoms with Crippen molar-refractivity contribution >= 4 is 5.57 Å². The van der Waals surface area contributed by atoms with E-state index in [1.54, 1.807) is 0 Å². The fraction of sp³-hybridized carbons (Fsp3) is 0.391. The predicted molar refractivity (Wildman–Crippen MR) is 106 cm³/mol. The van der Waals surface area contributed by atoms with Crippen molar-refractivity contribution in [2.24, 2.45) is 0 Å². The van der Waals surface area contributed by atoms with E-state index in [4.69, 9.17) is 0 Å². The summed E-state index contributed by atoms with van der Waals surface area (Å²) in [6, 6.07) is 20.0. The van der Waals surface area contributed by atoms with Gasteiger partial charge in [-0.15, -0.1) is 0 Å². The van der Waals surface area contributed by atoms with E-state index in [0.29, 0.717) is 0 Å². The molecule has 1 aliphatic carbocycles. The first-order valence-corrected chi connectivity index (χ1v) is 9.42. The normalized spacial score (nSPS) is 26.1. The quantitative estimate of drug-likeness (QED) is 0.843. The molecule has 1 unspecified atom stereocenters. The van der Waals surface area contributed by atoms with Gasteiger partial charge in [-0.25, -0.2) is 0 Å². The molecule has 1 saturated heterocycles. The van der Waals surface area contributed by atoms with Crippen molar-refractivity contribution in [2.45, 2.75) is 18.8 Å². The summed E-state index contributed by atoms with van der Waals surface area (Å²) in [4.78, 5) is 5.00. The molecule has 2 nitrogen and oxygen atoms in total. The average molecular weight is 332 g/mol. The largest absolute Gasteiger partial charge is 0.304 e. The lowest BCUT2D eigenvalue weighted by atomic mass is 9.76. The zero-order chi connectivity index (χ0) is 17.3. The molecule has 1 fully saturated rings. The number of hydrogen-bond acceptors (Lipinski definition) is 2. The van der Waals surface area contributed by atoms with Gasteiger partial charge in [0.2, 0.25) is 0 Å². The van der Waals surface area contributed by atoms with Gasteiger partial charge in [0.1, 0.15) is 0 Å². The molecular formula is C23H28N2. The van der Waals surface area contributed by atoms with Gasteiger partial charge in [0, 0.05) is 38.1 Å². The summed E-state index contributed by atoms with van der Waals surface area (Å²) in [6.45, 7) is 8.16. The van der Waals surface area contributed by atoms with E-state index in [-0.39, 0.29) is 5.41 Å². The fourth-order valence-corrected chi connectivity index (χ4v) is 4.36. The second-order valence-corrected chi connectivity index (χ2v) is 7.75. The number of benzene rings is 2. The van der Waals surface area contributed by atoms with E-state index < -0.39 is 0 Å². The first-order valence-electron chi connectivity index (χ1n) is 9.42. The molecule has 0 spiro atoms. The number of piperazine rings is 1. The van der Waals surface area contributed by atoms with Crippen LogP contribution < -0.4 is 0 Å². The van der Waals surface area contributed by atoms with Crippen molar-refractivity contribution in [3.8, 4) is 0 Å². The van der Waals surface area contributed by atoms with Gasteiger partial charge in [-0.3, -0.25) is 4.90 Å². The summed E-state index contributed by atoms with van der Waals surface area (Å²) in [5.74, 6) is 0. The van der Waals surface area contributed by atoms with Gasteiger partial charge in [-0.2, -0.15) is 0 Å². The maximum atomic E-state index is 2.58. The molecule has 25 heavy (non-hydrogen) atoms. The Kier molecular flexibility index (Phi) is 4.49. The highest BCUT2D eigenvalue weighted by Crippen LogP contribution is 2.48. The van der Waals surface area contributed by atoms with Crippen molar-refractivity contribution in [3.05, 3.63) is 77.4 Å². The Morgan fingerprint density at radius 3 is 2.36 bits per heavy atom. The highest BCUT2D eigenvalue weighted by atomic mass is 15.2. The van der Waals surface area contributed by atoms with E-state index in [9.17, 15) is 0 Å². The summed E-state index contributed by atoms with van der Waals surface area (Å²) < 4.78 is 0. The average Bonchev–Trinajstić information content (AvgIpc) is 2.95. The summed E-state index contributed by atoms with van der Waals surface area (Å²) in [5.41, 5.74) is 5.95. The number of fused-ring (bicyclic) bond motifs is 1. The smallest absolute Gasteiger partial charge is 0.0218 e. The molecule has 0 amide bonds. The molecule has 130 valence electrons. The molecule has 1 aliphatic heterocycles. The number of likely N-dealkylation sites (N-methyl/N-ethyl adjacent to an activating group) is 1. The third-order valence-corrected chi connectivity index (χ3v) is 6.01. The van der Waals surface area contributed by atoms with Crippen LogP contribution in [0.2, 0.25) is 0 Å². The van der Waals surface area contributed by atoms with Crippen LogP contribution in [0.25, 0.3) is 5.57 Å². The number of nitrogens with zero attached hydrogens (tertiary/aromatic N) is 2. The molecule has 0 saturated carbocycles. The Morgan fingerprint density at radius 1 is 0.920 bits per heavy atom. The summed E-state index contributed by atoms with van der Waals surface area (Å²) in [6.07, 6.45) is 3.60. The molecule has 2 aromatic rings. The van der Waals surface area contributed by atoms with Crippen LogP contribution in [0.4, 0.5) is 0 Å². The van der Waals surface area contributed by atoms with Crippen molar-refractivity contribution in [2.75, 3.05) is 39.8 Å². The van der Waals surface area contributed by atoms with Crippen molar-refractivity contribution in [3.63, 3.8) is 0 Å². The SMILES string of the molecule is CN1CCN(C/C=C2/c3ccccc3CC2(C)c2ccccc2)CC1. The molecule has 4 rings (SSSR count). The monoisotopic (exact) mass is 332 g/mol. The Hall–Kier alpha value is -1.90. The highest BCUT2D eigenvalue weighted by Gasteiger charge is 2.38. The van der Waals surface area contributed by atoms with E-state index in [0.717, 1.165) is 13.0 Å². The second kappa shape index (κ2) is 6.78. The van der Waals surface area contributed by atoms with Crippen LogP contribution in [-0.2, 0) is 11.8 Å². The molecule has 0 radical (unpaired) electrons. The Bertz CT molecular complexity index is 757. The molecule has 0 N–H and O–H groups in total. The zero-order valence-electron chi connectivity index (χ0n) is 15.4. The van der Waals surface area contributed by atoms with Gasteiger partial charge in [-0.05, 0) is 35.7 Å². The second-order valence-electron chi connectivity index (χ2n) is 7.75. The Labute approximate surface area is 151 Å². The summed E-state index contributed by atoms with van der Waals surface area (Å²) in [5, 5.41) is 0. The minimum atomic E-state index is 0.0809. The van der Waals surface area contributed by atoms with Crippen molar-refractivity contribution < 1.29 is 0 Å². The topological polar surface area (TPSA) is 6.48 Å². The van der Waals surface area contributed by atoms with Crippen LogP contribution in [0.1, 0.15) is 23.6 Å². The highest BCUT2D eigenvalue weighted by molar-refractivity contribution is 5.82. The lowest BCUT2D eigenvalue weighted by Gasteiger charge is -2.33. The predicted octanol–water partition coefficient (Wildman–Crippen LogP) is 3.83.